The maximum Gasteiger partial charge on any atom is 0.129 e. The first kappa shape index (κ1) is 20.3. The predicted octanol–water partition coefficient (Wildman–Crippen LogP) is 4.80. The highest BCUT2D eigenvalue weighted by atomic mass is 35.5. The molecule has 2 aromatic carbocycles. The van der Waals surface area contributed by atoms with Crippen LogP contribution >= 0.6 is 24.0 Å². The Hall–Kier alpha value is -2.41. The summed E-state index contributed by atoms with van der Waals surface area (Å²) in [5, 5.41) is 4.80. The molecule has 0 aliphatic carbocycles. The van der Waals surface area contributed by atoms with Crippen LogP contribution in [0.3, 0.4) is 0 Å². The molecule has 0 bridgehead atoms. The quantitative estimate of drug-likeness (QED) is 0.638. The number of fused-ring (bicyclic) bond motifs is 1. The van der Waals surface area contributed by atoms with Crippen LogP contribution in [0, 0.1) is 5.82 Å². The second kappa shape index (κ2) is 7.91. The maximum absolute atomic E-state index is 14.5. The summed E-state index contributed by atoms with van der Waals surface area (Å²) >= 11 is 6.02. The summed E-state index contributed by atoms with van der Waals surface area (Å²) in [6.45, 7) is 2.34. The molecule has 0 unspecified atom stereocenters. The molecule has 0 radical (unpaired) electrons. The van der Waals surface area contributed by atoms with Crippen LogP contribution in [0.2, 0.25) is 5.02 Å². The van der Waals surface area contributed by atoms with Crippen LogP contribution in [0.1, 0.15) is 12.5 Å². The monoisotopic (exact) mass is 420 g/mol. The van der Waals surface area contributed by atoms with Gasteiger partial charge in [0, 0.05) is 22.8 Å². The first-order chi connectivity index (χ1) is 12.9. The van der Waals surface area contributed by atoms with Crippen molar-refractivity contribution in [3.8, 4) is 0 Å². The summed E-state index contributed by atoms with van der Waals surface area (Å²) in [5.41, 5.74) is 7.66. The fourth-order valence-corrected chi connectivity index (χ4v) is 3.45. The van der Waals surface area contributed by atoms with Gasteiger partial charge in [0.1, 0.15) is 23.8 Å². The Bertz CT molecular complexity index is 1060. The van der Waals surface area contributed by atoms with Gasteiger partial charge in [-0.15, -0.1) is 12.4 Å². The largest absolute Gasteiger partial charge is 0.386 e. The van der Waals surface area contributed by atoms with Gasteiger partial charge in [-0.2, -0.15) is 0 Å². The summed E-state index contributed by atoms with van der Waals surface area (Å²) < 4.78 is 20.0. The van der Waals surface area contributed by atoms with Gasteiger partial charge < -0.3 is 15.8 Å². The van der Waals surface area contributed by atoms with E-state index in [4.69, 9.17) is 22.1 Å². The van der Waals surface area contributed by atoms with Crippen molar-refractivity contribution in [1.82, 2.24) is 4.98 Å². The van der Waals surface area contributed by atoms with Crippen molar-refractivity contribution in [2.24, 2.45) is 10.7 Å². The number of pyridine rings is 1. The van der Waals surface area contributed by atoms with Gasteiger partial charge in [0.05, 0.1) is 22.8 Å². The highest BCUT2D eigenvalue weighted by molar-refractivity contribution is 6.31. The van der Waals surface area contributed by atoms with Gasteiger partial charge >= 0.3 is 0 Å². The van der Waals surface area contributed by atoms with Crippen molar-refractivity contribution < 1.29 is 9.13 Å². The van der Waals surface area contributed by atoms with E-state index in [1.807, 2.05) is 31.2 Å². The fraction of sp³-hybridized carbons (Fsp3) is 0.200. The molecule has 0 amide bonds. The molecule has 0 spiro atoms. The maximum atomic E-state index is 14.5. The minimum Gasteiger partial charge on any atom is -0.386 e. The number of hydrogen-bond acceptors (Lipinski definition) is 5. The average Bonchev–Trinajstić information content (AvgIpc) is 2.63. The van der Waals surface area contributed by atoms with Crippen LogP contribution in [0.25, 0.3) is 10.9 Å². The molecular weight excluding hydrogens is 402 g/mol. The van der Waals surface area contributed by atoms with E-state index in [2.05, 4.69) is 15.3 Å². The molecule has 4 rings (SSSR count). The molecule has 0 saturated carbocycles. The van der Waals surface area contributed by atoms with Gasteiger partial charge in [0.2, 0.25) is 0 Å². The highest BCUT2D eigenvalue weighted by Gasteiger charge is 2.32. The van der Waals surface area contributed by atoms with E-state index in [1.54, 1.807) is 18.3 Å². The standard InChI is InChI=1S/C20H18ClFN4O.ClH/c1-20(11-27-10-18(23)26-20)15-8-14(5-6-16(15)22)25-17-4-2-3-12-7-13(21)9-24-19(12)17;/h2-9,25H,10-11H2,1H3,(H2,23,26);1H/t20-;/m0./s1. The Kier molecular flexibility index (Phi) is 5.74. The lowest BCUT2D eigenvalue weighted by Crippen LogP contribution is -2.38. The Morgan fingerprint density at radius 2 is 2.07 bits per heavy atom. The third kappa shape index (κ3) is 3.90. The number of para-hydroxylation sites is 1. The molecule has 2 heterocycles. The molecule has 3 N–H and O–H groups in total. The number of halogens is 3. The minimum absolute atomic E-state index is 0. The zero-order valence-corrected chi connectivity index (χ0v) is 16.6. The van der Waals surface area contributed by atoms with Crippen molar-refractivity contribution in [3.63, 3.8) is 0 Å². The Balaban J connectivity index is 0.00000225. The highest BCUT2D eigenvalue weighted by Crippen LogP contribution is 2.34. The Morgan fingerprint density at radius 3 is 2.86 bits per heavy atom. The second-order valence-electron chi connectivity index (χ2n) is 6.72. The van der Waals surface area contributed by atoms with Gasteiger partial charge in [-0.05, 0) is 37.3 Å². The van der Waals surface area contributed by atoms with E-state index in [9.17, 15) is 4.39 Å². The van der Waals surface area contributed by atoms with Crippen LogP contribution in [-0.4, -0.2) is 24.0 Å². The van der Waals surface area contributed by atoms with Gasteiger partial charge in [-0.1, -0.05) is 23.7 Å². The van der Waals surface area contributed by atoms with Gasteiger partial charge in [-0.3, -0.25) is 9.98 Å². The van der Waals surface area contributed by atoms with Crippen LogP contribution in [0.15, 0.2) is 53.7 Å². The van der Waals surface area contributed by atoms with E-state index in [0.717, 1.165) is 22.3 Å². The van der Waals surface area contributed by atoms with Gasteiger partial charge in [0.25, 0.3) is 0 Å². The lowest BCUT2D eigenvalue weighted by atomic mass is 9.91. The smallest absolute Gasteiger partial charge is 0.129 e. The molecule has 1 aromatic heterocycles. The van der Waals surface area contributed by atoms with E-state index >= 15 is 0 Å². The van der Waals surface area contributed by atoms with Crippen molar-refractivity contribution in [2.45, 2.75) is 12.5 Å². The topological polar surface area (TPSA) is 72.5 Å². The average molecular weight is 421 g/mol. The number of aromatic nitrogens is 1. The number of amidine groups is 1. The lowest BCUT2D eigenvalue weighted by Gasteiger charge is -2.30. The molecular formula is C20H19Cl2FN4O. The molecule has 0 fully saturated rings. The van der Waals surface area contributed by atoms with Crippen molar-refractivity contribution in [2.75, 3.05) is 18.5 Å². The first-order valence-corrected chi connectivity index (χ1v) is 8.86. The van der Waals surface area contributed by atoms with E-state index < -0.39 is 5.54 Å². The molecule has 1 aliphatic rings. The van der Waals surface area contributed by atoms with Crippen LogP contribution < -0.4 is 11.1 Å². The number of rotatable bonds is 3. The summed E-state index contributed by atoms with van der Waals surface area (Å²) in [4.78, 5) is 8.83. The summed E-state index contributed by atoms with van der Waals surface area (Å²) in [6.07, 6.45) is 1.60. The number of aliphatic imine (C=N–C) groups is 1. The lowest BCUT2D eigenvalue weighted by molar-refractivity contribution is 0.104. The summed E-state index contributed by atoms with van der Waals surface area (Å²) in [7, 11) is 0. The normalized spacial score (nSPS) is 19.0. The van der Waals surface area contributed by atoms with E-state index in [-0.39, 0.29) is 31.4 Å². The predicted molar refractivity (Wildman–Crippen MR) is 113 cm³/mol. The first-order valence-electron chi connectivity index (χ1n) is 8.48. The molecule has 3 aromatic rings. The molecule has 5 nitrogen and oxygen atoms in total. The van der Waals surface area contributed by atoms with Crippen LogP contribution in [0.5, 0.6) is 0 Å². The number of anilines is 2. The van der Waals surface area contributed by atoms with Crippen LogP contribution in [0.4, 0.5) is 15.8 Å². The molecule has 1 atom stereocenters. The number of ether oxygens (including phenoxy) is 1. The Morgan fingerprint density at radius 1 is 1.25 bits per heavy atom. The molecule has 146 valence electrons. The molecule has 8 heteroatoms. The zero-order chi connectivity index (χ0) is 19.0. The minimum atomic E-state index is -0.866. The zero-order valence-electron chi connectivity index (χ0n) is 15.1. The number of benzene rings is 2. The van der Waals surface area contributed by atoms with Crippen molar-refractivity contribution >= 4 is 52.1 Å². The third-order valence-electron chi connectivity index (χ3n) is 4.53. The molecule has 1 aliphatic heterocycles. The Labute approximate surface area is 173 Å². The fourth-order valence-electron chi connectivity index (χ4n) is 3.28. The number of nitrogens with one attached hydrogen (secondary N) is 1. The number of hydrogen-bond donors (Lipinski definition) is 2. The van der Waals surface area contributed by atoms with Crippen molar-refractivity contribution in [1.29, 1.82) is 0 Å². The third-order valence-corrected chi connectivity index (χ3v) is 4.73. The molecule has 28 heavy (non-hydrogen) atoms. The number of nitrogens with zero attached hydrogens (tertiary/aromatic N) is 2. The van der Waals surface area contributed by atoms with E-state index in [0.29, 0.717) is 16.4 Å². The SMILES string of the molecule is C[C@@]1(c2cc(Nc3cccc4cc(Cl)cnc34)ccc2F)COCC(N)=N1.Cl. The second-order valence-corrected chi connectivity index (χ2v) is 7.16. The van der Waals surface area contributed by atoms with Crippen LogP contribution in [-0.2, 0) is 10.3 Å². The summed E-state index contributed by atoms with van der Waals surface area (Å²) in [5.74, 6) is 0.00423. The number of nitrogens with two attached hydrogens (primary N) is 1. The van der Waals surface area contributed by atoms with Gasteiger partial charge in [0.15, 0.2) is 0 Å². The van der Waals surface area contributed by atoms with Gasteiger partial charge in [-0.25, -0.2) is 4.39 Å². The van der Waals surface area contributed by atoms with Crippen molar-refractivity contribution in [3.05, 3.63) is 65.1 Å². The van der Waals surface area contributed by atoms with E-state index in [1.165, 1.54) is 6.07 Å². The summed E-state index contributed by atoms with van der Waals surface area (Å²) in [6, 6.07) is 12.4. The molecule has 0 saturated heterocycles.